The van der Waals surface area contributed by atoms with Gasteiger partial charge in [-0.25, -0.2) is 19.2 Å². The fraction of sp³-hybridized carbons (Fsp3) is 0.200. The Morgan fingerprint density at radius 2 is 1.11 bits per heavy atom. The molecule has 0 spiro atoms. The molecule has 1 aliphatic carbocycles. The zero-order valence-electron chi connectivity index (χ0n) is 8.98. The van der Waals surface area contributed by atoms with Crippen LogP contribution in [0.1, 0.15) is 0 Å². The Balaban J connectivity index is 2.66. The van der Waals surface area contributed by atoms with Gasteiger partial charge in [0.1, 0.15) is 0 Å². The summed E-state index contributed by atoms with van der Waals surface area (Å²) >= 11 is 0. The van der Waals surface area contributed by atoms with Crippen molar-refractivity contribution in [2.24, 2.45) is 0 Å². The number of carboxylic acid groups (broad SMARTS) is 4. The second kappa shape index (κ2) is 3.42. The number of hydrogen-bond acceptors (Lipinski definition) is 5. The first-order valence-corrected chi connectivity index (χ1v) is 4.77. The maximum absolute atomic E-state index is 11.1. The summed E-state index contributed by atoms with van der Waals surface area (Å²) in [6, 6.07) is 0. The fourth-order valence-corrected chi connectivity index (χ4v) is 1.95. The number of ether oxygens (including phenoxy) is 1. The van der Waals surface area contributed by atoms with Gasteiger partial charge in [-0.3, -0.25) is 0 Å². The van der Waals surface area contributed by atoms with Gasteiger partial charge in [-0.15, -0.1) is 0 Å². The van der Waals surface area contributed by atoms with Gasteiger partial charge in [-0.05, 0) is 12.2 Å². The molecule has 0 saturated carbocycles. The van der Waals surface area contributed by atoms with Crippen LogP contribution in [0.25, 0.3) is 0 Å². The molecule has 2 aliphatic rings. The van der Waals surface area contributed by atoms with Crippen molar-refractivity contribution < 1.29 is 44.3 Å². The predicted molar refractivity (Wildman–Crippen MR) is 53.3 cm³/mol. The van der Waals surface area contributed by atoms with E-state index in [0.717, 1.165) is 0 Å². The summed E-state index contributed by atoms with van der Waals surface area (Å²) in [5, 5.41) is 35.6. The lowest BCUT2D eigenvalue weighted by atomic mass is 9.82. The molecule has 0 radical (unpaired) electrons. The number of carboxylic acids is 4. The molecule has 1 aliphatic heterocycles. The molecule has 0 aromatic heterocycles. The molecule has 9 nitrogen and oxygen atoms in total. The maximum atomic E-state index is 11.1. The van der Waals surface area contributed by atoms with Crippen LogP contribution in [0, 0.1) is 0 Å². The fourth-order valence-electron chi connectivity index (χ4n) is 1.95. The summed E-state index contributed by atoms with van der Waals surface area (Å²) in [5.41, 5.74) is -6.43. The first-order chi connectivity index (χ1) is 8.68. The van der Waals surface area contributed by atoms with Crippen LogP contribution >= 0.6 is 0 Å². The van der Waals surface area contributed by atoms with E-state index in [9.17, 15) is 19.2 Å². The monoisotopic (exact) mass is 270 g/mol. The van der Waals surface area contributed by atoms with Crippen LogP contribution in [-0.4, -0.2) is 55.5 Å². The van der Waals surface area contributed by atoms with Gasteiger partial charge in [0.2, 0.25) is 11.2 Å². The van der Waals surface area contributed by atoms with Crippen LogP contribution in [0.2, 0.25) is 0 Å². The van der Waals surface area contributed by atoms with E-state index < -0.39 is 46.2 Å². The van der Waals surface area contributed by atoms with Crippen LogP contribution in [0.15, 0.2) is 23.3 Å². The Labute approximate surface area is 104 Å². The van der Waals surface area contributed by atoms with Gasteiger partial charge in [0.25, 0.3) is 0 Å². The van der Waals surface area contributed by atoms with E-state index in [-0.39, 0.29) is 0 Å². The molecule has 1 fully saturated rings. The van der Waals surface area contributed by atoms with Gasteiger partial charge in [0.05, 0.1) is 11.1 Å². The molecule has 0 bridgehead atoms. The largest absolute Gasteiger partial charge is 0.479 e. The number of fused-ring (bicyclic) bond motifs is 1. The predicted octanol–water partition coefficient (Wildman–Crippen LogP) is -1.30. The second-order valence-corrected chi connectivity index (χ2v) is 3.91. The Bertz CT molecular complexity index is 546. The molecule has 100 valence electrons. The van der Waals surface area contributed by atoms with Crippen LogP contribution in [0.3, 0.4) is 0 Å². The standard InChI is InChI=1S/C10H6O9/c11-5(12)3-1-9(7(15)16)10(19-9,8(17)18)2-4(3)6(13)14/h1-2H,(H,11,12)(H,13,14)(H,15,16)(H,17,18). The van der Waals surface area contributed by atoms with Crippen molar-refractivity contribution in [3.8, 4) is 0 Å². The molecule has 19 heavy (non-hydrogen) atoms. The lowest BCUT2D eigenvalue weighted by Gasteiger charge is -2.15. The summed E-state index contributed by atoms with van der Waals surface area (Å²) in [6.45, 7) is 0. The lowest BCUT2D eigenvalue weighted by Crippen LogP contribution is -2.41. The second-order valence-electron chi connectivity index (χ2n) is 3.91. The van der Waals surface area contributed by atoms with Crippen molar-refractivity contribution in [1.82, 2.24) is 0 Å². The smallest absolute Gasteiger partial charge is 0.344 e. The van der Waals surface area contributed by atoms with Crippen LogP contribution in [0.5, 0.6) is 0 Å². The molecule has 0 aromatic carbocycles. The van der Waals surface area contributed by atoms with E-state index in [2.05, 4.69) is 4.74 Å². The summed E-state index contributed by atoms with van der Waals surface area (Å²) in [4.78, 5) is 43.9. The van der Waals surface area contributed by atoms with Crippen molar-refractivity contribution in [3.63, 3.8) is 0 Å². The molecular formula is C10H6O9. The molecule has 2 rings (SSSR count). The number of aliphatic carboxylic acids is 4. The molecule has 4 N–H and O–H groups in total. The normalized spacial score (nSPS) is 31.6. The van der Waals surface area contributed by atoms with Gasteiger partial charge < -0.3 is 25.2 Å². The first-order valence-electron chi connectivity index (χ1n) is 4.77. The van der Waals surface area contributed by atoms with Gasteiger partial charge in [-0.2, -0.15) is 0 Å². The summed E-state index contributed by atoms with van der Waals surface area (Å²) < 4.78 is 4.66. The molecular weight excluding hydrogens is 264 g/mol. The molecule has 2 unspecified atom stereocenters. The molecule has 0 amide bonds. The Morgan fingerprint density at radius 3 is 1.32 bits per heavy atom. The third-order valence-electron chi connectivity index (χ3n) is 2.91. The molecule has 1 saturated heterocycles. The van der Waals surface area contributed by atoms with Crippen molar-refractivity contribution in [2.75, 3.05) is 0 Å². The van der Waals surface area contributed by atoms with Gasteiger partial charge in [0, 0.05) is 0 Å². The number of rotatable bonds is 4. The highest BCUT2D eigenvalue weighted by molar-refractivity contribution is 6.12. The van der Waals surface area contributed by atoms with Gasteiger partial charge in [-0.1, -0.05) is 0 Å². The number of hydrogen-bond donors (Lipinski definition) is 4. The zero-order chi connectivity index (χ0) is 14.6. The zero-order valence-corrected chi connectivity index (χ0v) is 8.98. The van der Waals surface area contributed by atoms with Crippen LogP contribution in [0.4, 0.5) is 0 Å². The van der Waals surface area contributed by atoms with Crippen molar-refractivity contribution >= 4 is 23.9 Å². The number of epoxide rings is 1. The summed E-state index contributed by atoms with van der Waals surface area (Å²) in [5.74, 6) is -6.81. The van der Waals surface area contributed by atoms with E-state index in [0.29, 0.717) is 12.2 Å². The van der Waals surface area contributed by atoms with Gasteiger partial charge >= 0.3 is 23.9 Å². The van der Waals surface area contributed by atoms with E-state index >= 15 is 0 Å². The van der Waals surface area contributed by atoms with E-state index in [1.165, 1.54) is 0 Å². The average Bonchev–Trinajstić information content (AvgIpc) is 2.98. The molecule has 1 heterocycles. The highest BCUT2D eigenvalue weighted by Crippen LogP contribution is 2.55. The third-order valence-corrected chi connectivity index (χ3v) is 2.91. The minimum absolute atomic E-state index is 0.495. The maximum Gasteiger partial charge on any atom is 0.344 e. The van der Waals surface area contributed by atoms with Crippen molar-refractivity contribution in [3.05, 3.63) is 23.3 Å². The van der Waals surface area contributed by atoms with Gasteiger partial charge in [0.15, 0.2) is 0 Å². The molecule has 9 heteroatoms. The SMILES string of the molecule is O=C(O)C1=CC2(C(=O)O)OC2(C(=O)O)C=C1C(=O)O. The molecule has 2 atom stereocenters. The topological polar surface area (TPSA) is 162 Å². The van der Waals surface area contributed by atoms with Crippen molar-refractivity contribution in [2.45, 2.75) is 11.2 Å². The third kappa shape index (κ3) is 1.38. The van der Waals surface area contributed by atoms with Crippen molar-refractivity contribution in [1.29, 1.82) is 0 Å². The minimum atomic E-state index is -2.38. The van der Waals surface area contributed by atoms with E-state index in [1.807, 2.05) is 0 Å². The average molecular weight is 270 g/mol. The Hall–Kier alpha value is -2.68. The molecule has 0 aromatic rings. The quantitative estimate of drug-likeness (QED) is 0.454. The number of carbonyl (C=O) groups is 4. The highest BCUT2D eigenvalue weighted by atomic mass is 16.7. The van der Waals surface area contributed by atoms with E-state index in [4.69, 9.17) is 20.4 Å². The first kappa shape index (κ1) is 12.8. The summed E-state index contributed by atoms with van der Waals surface area (Å²) in [6.07, 6.45) is 0.991. The summed E-state index contributed by atoms with van der Waals surface area (Å²) in [7, 11) is 0. The van der Waals surface area contributed by atoms with Crippen LogP contribution < -0.4 is 0 Å². The Kier molecular flexibility index (Phi) is 2.30. The Morgan fingerprint density at radius 1 is 0.789 bits per heavy atom. The van der Waals surface area contributed by atoms with E-state index in [1.54, 1.807) is 0 Å². The van der Waals surface area contributed by atoms with Crippen LogP contribution in [-0.2, 0) is 23.9 Å². The lowest BCUT2D eigenvalue weighted by molar-refractivity contribution is -0.144. The highest BCUT2D eigenvalue weighted by Gasteiger charge is 2.80. The minimum Gasteiger partial charge on any atom is -0.479 e.